The van der Waals surface area contributed by atoms with Gasteiger partial charge in [-0.2, -0.15) is 0 Å². The highest BCUT2D eigenvalue weighted by molar-refractivity contribution is 6.29. The Morgan fingerprint density at radius 3 is 2.94 bits per heavy atom. The van der Waals surface area contributed by atoms with Crippen molar-refractivity contribution in [3.8, 4) is 0 Å². The van der Waals surface area contributed by atoms with Crippen molar-refractivity contribution in [3.63, 3.8) is 0 Å². The highest BCUT2D eigenvalue weighted by Crippen LogP contribution is 2.29. The SMILES string of the molecule is CN(Cc1ccc(Cl)nc1)C1CCCC1CN. The maximum Gasteiger partial charge on any atom is 0.129 e. The van der Waals surface area contributed by atoms with Gasteiger partial charge in [0.25, 0.3) is 0 Å². The molecule has 1 aliphatic carbocycles. The van der Waals surface area contributed by atoms with Crippen LogP contribution in [-0.4, -0.2) is 29.5 Å². The number of pyridine rings is 1. The lowest BCUT2D eigenvalue weighted by molar-refractivity contribution is 0.192. The van der Waals surface area contributed by atoms with Gasteiger partial charge in [0.15, 0.2) is 0 Å². The van der Waals surface area contributed by atoms with Crippen LogP contribution in [0.1, 0.15) is 24.8 Å². The summed E-state index contributed by atoms with van der Waals surface area (Å²) in [5.74, 6) is 0.653. The molecule has 0 aliphatic heterocycles. The molecular weight excluding hydrogens is 234 g/mol. The first kappa shape index (κ1) is 12.8. The lowest BCUT2D eigenvalue weighted by Crippen LogP contribution is -2.37. The van der Waals surface area contributed by atoms with Crippen LogP contribution in [0.2, 0.25) is 5.15 Å². The molecule has 2 N–H and O–H groups in total. The predicted molar refractivity (Wildman–Crippen MR) is 70.9 cm³/mol. The summed E-state index contributed by atoms with van der Waals surface area (Å²) in [4.78, 5) is 6.51. The number of halogens is 1. The van der Waals surface area contributed by atoms with Crippen LogP contribution < -0.4 is 5.73 Å². The van der Waals surface area contributed by atoms with Crippen molar-refractivity contribution in [2.75, 3.05) is 13.6 Å². The van der Waals surface area contributed by atoms with Crippen molar-refractivity contribution in [2.24, 2.45) is 11.7 Å². The van der Waals surface area contributed by atoms with Crippen molar-refractivity contribution < 1.29 is 0 Å². The van der Waals surface area contributed by atoms with Crippen LogP contribution in [0.4, 0.5) is 0 Å². The quantitative estimate of drug-likeness (QED) is 0.838. The zero-order valence-electron chi connectivity index (χ0n) is 10.3. The molecule has 0 spiro atoms. The van der Waals surface area contributed by atoms with Gasteiger partial charge in [0.2, 0.25) is 0 Å². The van der Waals surface area contributed by atoms with E-state index in [0.29, 0.717) is 17.1 Å². The van der Waals surface area contributed by atoms with Gasteiger partial charge in [-0.1, -0.05) is 24.1 Å². The Balaban J connectivity index is 1.96. The van der Waals surface area contributed by atoms with Crippen LogP contribution >= 0.6 is 11.6 Å². The average Bonchev–Trinajstić information content (AvgIpc) is 2.80. The second-order valence-electron chi connectivity index (χ2n) is 4.90. The van der Waals surface area contributed by atoms with Crippen LogP contribution in [0, 0.1) is 5.92 Å². The molecule has 1 fully saturated rings. The fourth-order valence-corrected chi connectivity index (χ4v) is 2.89. The second-order valence-corrected chi connectivity index (χ2v) is 5.29. The highest BCUT2D eigenvalue weighted by Gasteiger charge is 2.29. The summed E-state index contributed by atoms with van der Waals surface area (Å²) < 4.78 is 0. The smallest absolute Gasteiger partial charge is 0.129 e. The molecule has 1 heterocycles. The highest BCUT2D eigenvalue weighted by atomic mass is 35.5. The molecule has 2 rings (SSSR count). The number of rotatable bonds is 4. The van der Waals surface area contributed by atoms with Gasteiger partial charge in [0.1, 0.15) is 5.15 Å². The van der Waals surface area contributed by atoms with E-state index >= 15 is 0 Å². The molecule has 0 aromatic carbocycles. The third-order valence-corrected chi connectivity index (χ3v) is 3.93. The van der Waals surface area contributed by atoms with E-state index < -0.39 is 0 Å². The number of nitrogens with two attached hydrogens (primary N) is 1. The molecule has 1 saturated carbocycles. The van der Waals surface area contributed by atoms with Crippen molar-refractivity contribution in [2.45, 2.75) is 31.8 Å². The Bertz CT molecular complexity index is 352. The first-order valence-corrected chi connectivity index (χ1v) is 6.59. The van der Waals surface area contributed by atoms with E-state index in [-0.39, 0.29) is 0 Å². The molecule has 0 radical (unpaired) electrons. The summed E-state index contributed by atoms with van der Waals surface area (Å²) >= 11 is 5.78. The topological polar surface area (TPSA) is 42.2 Å². The first-order valence-electron chi connectivity index (χ1n) is 6.21. The third-order valence-electron chi connectivity index (χ3n) is 3.71. The van der Waals surface area contributed by atoms with Gasteiger partial charge in [-0.05, 0) is 44.0 Å². The van der Waals surface area contributed by atoms with Crippen LogP contribution in [0.25, 0.3) is 0 Å². The largest absolute Gasteiger partial charge is 0.330 e. The van der Waals surface area contributed by atoms with Crippen molar-refractivity contribution in [1.82, 2.24) is 9.88 Å². The minimum absolute atomic E-state index is 0.553. The van der Waals surface area contributed by atoms with E-state index in [1.54, 1.807) is 0 Å². The van der Waals surface area contributed by atoms with E-state index in [1.807, 2.05) is 18.3 Å². The van der Waals surface area contributed by atoms with E-state index in [2.05, 4.69) is 16.9 Å². The van der Waals surface area contributed by atoms with Gasteiger partial charge in [0.05, 0.1) is 0 Å². The van der Waals surface area contributed by atoms with Gasteiger partial charge in [-0.15, -0.1) is 0 Å². The van der Waals surface area contributed by atoms with Gasteiger partial charge in [-0.3, -0.25) is 4.90 Å². The molecule has 17 heavy (non-hydrogen) atoms. The summed E-state index contributed by atoms with van der Waals surface area (Å²) in [6, 6.07) is 4.51. The molecule has 1 aromatic rings. The minimum atomic E-state index is 0.553. The Kier molecular flexibility index (Phi) is 4.37. The molecule has 3 nitrogen and oxygen atoms in total. The zero-order chi connectivity index (χ0) is 12.3. The van der Waals surface area contributed by atoms with Crippen LogP contribution in [-0.2, 0) is 6.54 Å². The maximum atomic E-state index is 5.82. The number of aromatic nitrogens is 1. The van der Waals surface area contributed by atoms with Crippen LogP contribution in [0.15, 0.2) is 18.3 Å². The monoisotopic (exact) mass is 253 g/mol. The lowest BCUT2D eigenvalue weighted by Gasteiger charge is -2.29. The molecule has 2 atom stereocenters. The summed E-state index contributed by atoms with van der Waals surface area (Å²) in [5.41, 5.74) is 7.03. The van der Waals surface area contributed by atoms with Crippen molar-refractivity contribution in [3.05, 3.63) is 29.0 Å². The zero-order valence-corrected chi connectivity index (χ0v) is 11.0. The van der Waals surface area contributed by atoms with Crippen molar-refractivity contribution >= 4 is 11.6 Å². The van der Waals surface area contributed by atoms with Gasteiger partial charge in [-0.25, -0.2) is 4.98 Å². The van der Waals surface area contributed by atoms with Gasteiger partial charge < -0.3 is 5.73 Å². The summed E-state index contributed by atoms with van der Waals surface area (Å²) in [7, 11) is 2.17. The Hall–Kier alpha value is -0.640. The van der Waals surface area contributed by atoms with Gasteiger partial charge in [0, 0.05) is 18.8 Å². The minimum Gasteiger partial charge on any atom is -0.330 e. The Labute approximate surface area is 108 Å². The molecule has 0 saturated heterocycles. The van der Waals surface area contributed by atoms with E-state index in [1.165, 1.54) is 24.8 Å². The lowest BCUT2D eigenvalue weighted by atomic mass is 10.0. The normalized spacial score (nSPS) is 24.5. The molecule has 1 aromatic heterocycles. The van der Waals surface area contributed by atoms with E-state index in [9.17, 15) is 0 Å². The van der Waals surface area contributed by atoms with Crippen LogP contribution in [0.3, 0.4) is 0 Å². The molecule has 94 valence electrons. The molecular formula is C13H20ClN3. The van der Waals surface area contributed by atoms with E-state index in [4.69, 9.17) is 17.3 Å². The fourth-order valence-electron chi connectivity index (χ4n) is 2.78. The van der Waals surface area contributed by atoms with Crippen LogP contribution in [0.5, 0.6) is 0 Å². The van der Waals surface area contributed by atoms with E-state index in [0.717, 1.165) is 13.1 Å². The summed E-state index contributed by atoms with van der Waals surface area (Å²) in [5, 5.41) is 0.553. The fraction of sp³-hybridized carbons (Fsp3) is 0.615. The Morgan fingerprint density at radius 2 is 2.29 bits per heavy atom. The first-order chi connectivity index (χ1) is 8.20. The standard InChI is InChI=1S/C13H20ClN3/c1-17(12-4-2-3-11(12)7-15)9-10-5-6-13(14)16-8-10/h5-6,8,11-12H,2-4,7,9,15H2,1H3. The number of nitrogens with zero attached hydrogens (tertiary/aromatic N) is 2. The number of hydrogen-bond acceptors (Lipinski definition) is 3. The predicted octanol–water partition coefficient (Wildman–Crippen LogP) is 2.29. The average molecular weight is 254 g/mol. The van der Waals surface area contributed by atoms with Gasteiger partial charge >= 0.3 is 0 Å². The maximum absolute atomic E-state index is 5.82. The Morgan fingerprint density at radius 1 is 1.47 bits per heavy atom. The summed E-state index contributed by atoms with van der Waals surface area (Å²) in [6.07, 6.45) is 5.69. The van der Waals surface area contributed by atoms with Crippen molar-refractivity contribution in [1.29, 1.82) is 0 Å². The second kappa shape index (κ2) is 5.80. The summed E-state index contributed by atoms with van der Waals surface area (Å²) in [6.45, 7) is 1.72. The molecule has 2 unspecified atom stereocenters. The molecule has 0 bridgehead atoms. The third kappa shape index (κ3) is 3.18. The molecule has 0 amide bonds. The number of hydrogen-bond donors (Lipinski definition) is 1. The molecule has 1 aliphatic rings. The molecule has 4 heteroatoms.